The average molecular weight is 427 g/mol. The molecule has 0 aliphatic carbocycles. The zero-order valence-electron chi connectivity index (χ0n) is 19.2. The van der Waals surface area contributed by atoms with Crippen LogP contribution >= 0.6 is 0 Å². The molecule has 1 atom stereocenters. The van der Waals surface area contributed by atoms with Crippen molar-refractivity contribution in [3.05, 3.63) is 11.9 Å². The number of esters is 1. The first-order chi connectivity index (χ1) is 13.9. The van der Waals surface area contributed by atoms with Crippen LogP contribution in [0.1, 0.15) is 91.8 Å². The van der Waals surface area contributed by atoms with Gasteiger partial charge in [0.05, 0.1) is 12.2 Å². The highest BCUT2D eigenvalue weighted by Crippen LogP contribution is 2.18. The highest BCUT2D eigenvalue weighted by molar-refractivity contribution is 5.69. The molecule has 0 saturated heterocycles. The molecule has 1 aromatic heterocycles. The molecule has 0 spiro atoms. The zero-order valence-corrected chi connectivity index (χ0v) is 19.2. The molecule has 1 rings (SSSR count). The van der Waals surface area contributed by atoms with Gasteiger partial charge in [-0.1, -0.05) is 11.6 Å². The summed E-state index contributed by atoms with van der Waals surface area (Å²) in [5.74, 6) is -0.175. The van der Waals surface area contributed by atoms with Crippen LogP contribution in [0.2, 0.25) is 0 Å². The lowest BCUT2D eigenvalue weighted by Crippen LogP contribution is -2.35. The van der Waals surface area contributed by atoms with E-state index in [1.807, 2.05) is 20.8 Å². The maximum Gasteiger partial charge on any atom is 0.408 e. The molecule has 9 heteroatoms. The molecule has 1 amide bonds. The van der Waals surface area contributed by atoms with E-state index in [9.17, 15) is 9.59 Å². The molecular formula is C21H38N4O5. The van der Waals surface area contributed by atoms with Crippen LogP contribution < -0.4 is 5.32 Å². The van der Waals surface area contributed by atoms with Crippen molar-refractivity contribution in [1.82, 2.24) is 20.3 Å². The molecule has 1 heterocycles. The third-order valence-corrected chi connectivity index (χ3v) is 3.94. The number of nitrogens with one attached hydrogen (secondary N) is 1. The van der Waals surface area contributed by atoms with E-state index in [1.54, 1.807) is 31.6 Å². The number of aliphatic hydroxyl groups is 1. The first kappa shape index (κ1) is 25.9. The first-order valence-electron chi connectivity index (χ1n) is 10.6. The Bertz CT molecular complexity index is 661. The fourth-order valence-electron chi connectivity index (χ4n) is 2.73. The number of ether oxygens (including phenoxy) is 2. The Morgan fingerprint density at radius 2 is 1.73 bits per heavy atom. The van der Waals surface area contributed by atoms with Gasteiger partial charge in [-0.2, -0.15) is 0 Å². The lowest BCUT2D eigenvalue weighted by molar-refractivity contribution is -0.154. The van der Waals surface area contributed by atoms with Crippen molar-refractivity contribution in [2.75, 3.05) is 6.61 Å². The lowest BCUT2D eigenvalue weighted by atomic mass is 10.1. The fourth-order valence-corrected chi connectivity index (χ4v) is 2.73. The van der Waals surface area contributed by atoms with Crippen molar-refractivity contribution < 1.29 is 24.2 Å². The maximum absolute atomic E-state index is 12.1. The molecule has 0 fully saturated rings. The standard InChI is InChI=1S/C21H38N4O5/c1-20(2,3)29-18(27)12-8-7-9-13-25-15-17(23-24-25)16(11-10-14-26)22-19(28)30-21(4,5)6/h15-16,26H,7-14H2,1-6H3,(H,22,28)/t16-/m0/s1. The molecule has 0 saturated carbocycles. The number of nitrogens with zero attached hydrogens (tertiary/aromatic N) is 3. The van der Waals surface area contributed by atoms with Crippen LogP contribution in [0.5, 0.6) is 0 Å². The second kappa shape index (κ2) is 11.9. The minimum Gasteiger partial charge on any atom is -0.460 e. The number of hydrogen-bond acceptors (Lipinski definition) is 7. The molecular weight excluding hydrogens is 388 g/mol. The Morgan fingerprint density at radius 1 is 1.07 bits per heavy atom. The summed E-state index contributed by atoms with van der Waals surface area (Å²) in [5, 5.41) is 20.2. The van der Waals surface area contributed by atoms with E-state index in [2.05, 4.69) is 15.6 Å². The Hall–Kier alpha value is -2.16. The highest BCUT2D eigenvalue weighted by atomic mass is 16.6. The summed E-state index contributed by atoms with van der Waals surface area (Å²) in [5.41, 5.74) is -0.417. The third kappa shape index (κ3) is 11.7. The lowest BCUT2D eigenvalue weighted by Gasteiger charge is -2.22. The van der Waals surface area contributed by atoms with Gasteiger partial charge in [0, 0.05) is 19.6 Å². The summed E-state index contributed by atoms with van der Waals surface area (Å²) >= 11 is 0. The van der Waals surface area contributed by atoms with Gasteiger partial charge in [0.15, 0.2) is 0 Å². The van der Waals surface area contributed by atoms with E-state index < -0.39 is 17.3 Å². The topological polar surface area (TPSA) is 116 Å². The van der Waals surface area contributed by atoms with Gasteiger partial charge < -0.3 is 19.9 Å². The Labute approximate surface area is 179 Å². The van der Waals surface area contributed by atoms with Crippen LogP contribution in [0.15, 0.2) is 6.20 Å². The summed E-state index contributed by atoms with van der Waals surface area (Å²) in [6, 6.07) is -0.382. The number of aromatic nitrogens is 3. The summed E-state index contributed by atoms with van der Waals surface area (Å²) in [4.78, 5) is 23.8. The largest absolute Gasteiger partial charge is 0.460 e. The Kier molecular flexibility index (Phi) is 10.2. The van der Waals surface area contributed by atoms with Gasteiger partial charge in [0.2, 0.25) is 0 Å². The Balaban J connectivity index is 2.49. The van der Waals surface area contributed by atoms with Crippen LogP contribution in [-0.4, -0.2) is 50.0 Å². The predicted molar refractivity (Wildman–Crippen MR) is 113 cm³/mol. The molecule has 1 aromatic rings. The van der Waals surface area contributed by atoms with Crippen molar-refractivity contribution in [1.29, 1.82) is 0 Å². The minimum atomic E-state index is -0.595. The summed E-state index contributed by atoms with van der Waals surface area (Å²) in [7, 11) is 0. The van der Waals surface area contributed by atoms with E-state index in [4.69, 9.17) is 14.6 Å². The number of unbranched alkanes of at least 4 members (excludes halogenated alkanes) is 2. The summed E-state index contributed by atoms with van der Waals surface area (Å²) < 4.78 is 12.3. The minimum absolute atomic E-state index is 0.0261. The van der Waals surface area contributed by atoms with Crippen LogP contribution in [0.25, 0.3) is 0 Å². The number of alkyl carbamates (subject to hydrolysis) is 1. The molecule has 2 N–H and O–H groups in total. The SMILES string of the molecule is CC(C)(C)OC(=O)CCCCCn1cc([C@H](CCCO)NC(=O)OC(C)(C)C)nn1. The summed E-state index contributed by atoms with van der Waals surface area (Å²) in [6.45, 7) is 11.7. The van der Waals surface area contributed by atoms with Gasteiger partial charge in [-0.3, -0.25) is 9.48 Å². The molecule has 0 unspecified atom stereocenters. The third-order valence-electron chi connectivity index (χ3n) is 3.94. The summed E-state index contributed by atoms with van der Waals surface area (Å²) in [6.07, 6.45) is 5.22. The zero-order chi connectivity index (χ0) is 22.8. The van der Waals surface area contributed by atoms with Crippen LogP contribution in [-0.2, 0) is 20.8 Å². The number of amides is 1. The first-order valence-corrected chi connectivity index (χ1v) is 10.6. The van der Waals surface area contributed by atoms with E-state index in [0.717, 1.165) is 19.3 Å². The van der Waals surface area contributed by atoms with Gasteiger partial charge in [-0.25, -0.2) is 4.79 Å². The molecule has 0 aliphatic heterocycles. The van der Waals surface area contributed by atoms with E-state index in [0.29, 0.717) is 31.5 Å². The highest BCUT2D eigenvalue weighted by Gasteiger charge is 2.22. The van der Waals surface area contributed by atoms with Crippen LogP contribution in [0.4, 0.5) is 4.79 Å². The molecule has 0 aliphatic rings. The Morgan fingerprint density at radius 3 is 2.33 bits per heavy atom. The number of carbonyl (C=O) groups is 2. The molecule has 172 valence electrons. The number of aliphatic hydroxyl groups excluding tert-OH is 1. The van der Waals surface area contributed by atoms with Crippen LogP contribution in [0, 0.1) is 0 Å². The maximum atomic E-state index is 12.1. The number of rotatable bonds is 11. The monoisotopic (exact) mass is 426 g/mol. The molecule has 0 aromatic carbocycles. The van der Waals surface area contributed by atoms with Gasteiger partial charge in [-0.05, 0) is 67.2 Å². The van der Waals surface area contributed by atoms with Gasteiger partial charge in [0.1, 0.15) is 16.9 Å². The normalized spacial score (nSPS) is 13.0. The van der Waals surface area contributed by atoms with Crippen molar-refractivity contribution in [2.45, 2.75) is 104 Å². The predicted octanol–water partition coefficient (Wildman–Crippen LogP) is 3.52. The fraction of sp³-hybridized carbons (Fsp3) is 0.810. The van der Waals surface area contributed by atoms with E-state index >= 15 is 0 Å². The van der Waals surface area contributed by atoms with Gasteiger partial charge in [0.25, 0.3) is 0 Å². The van der Waals surface area contributed by atoms with E-state index in [-0.39, 0.29) is 18.6 Å². The smallest absolute Gasteiger partial charge is 0.408 e. The number of aryl methyl sites for hydroxylation is 1. The quantitative estimate of drug-likeness (QED) is 0.411. The molecule has 9 nitrogen and oxygen atoms in total. The van der Waals surface area contributed by atoms with Gasteiger partial charge >= 0.3 is 12.1 Å². The number of carbonyl (C=O) groups excluding carboxylic acids is 2. The average Bonchev–Trinajstić information content (AvgIpc) is 3.03. The van der Waals surface area contributed by atoms with Gasteiger partial charge in [-0.15, -0.1) is 5.10 Å². The van der Waals surface area contributed by atoms with Crippen molar-refractivity contribution in [3.8, 4) is 0 Å². The molecule has 30 heavy (non-hydrogen) atoms. The van der Waals surface area contributed by atoms with Crippen molar-refractivity contribution in [2.24, 2.45) is 0 Å². The molecule has 0 bridgehead atoms. The molecule has 0 radical (unpaired) electrons. The van der Waals surface area contributed by atoms with Crippen molar-refractivity contribution >= 4 is 12.1 Å². The van der Waals surface area contributed by atoms with Crippen LogP contribution in [0.3, 0.4) is 0 Å². The number of hydrogen-bond donors (Lipinski definition) is 2. The second-order valence-corrected chi connectivity index (χ2v) is 9.37. The van der Waals surface area contributed by atoms with Crippen molar-refractivity contribution in [3.63, 3.8) is 0 Å². The van der Waals surface area contributed by atoms with E-state index in [1.165, 1.54) is 0 Å². The second-order valence-electron chi connectivity index (χ2n) is 9.37.